The van der Waals surface area contributed by atoms with Gasteiger partial charge in [0.1, 0.15) is 5.82 Å². The second-order valence-corrected chi connectivity index (χ2v) is 5.10. The Kier molecular flexibility index (Phi) is 3.84. The molecule has 1 aromatic heterocycles. The Bertz CT molecular complexity index is 636. The maximum absolute atomic E-state index is 11.9. The van der Waals surface area contributed by atoms with Crippen LogP contribution in [0, 0.1) is 20.8 Å². The number of nitrogens with one attached hydrogen (secondary N) is 1. The fourth-order valence-corrected chi connectivity index (χ4v) is 2.53. The highest BCUT2D eigenvalue weighted by Gasteiger charge is 2.07. The zero-order valence-electron chi connectivity index (χ0n) is 12.0. The maximum atomic E-state index is 11.9. The third-order valence-electron chi connectivity index (χ3n) is 3.28. The van der Waals surface area contributed by atoms with Crippen LogP contribution in [-0.2, 0) is 12.8 Å². The molecule has 100 valence electrons. The quantitative estimate of drug-likeness (QED) is 0.917. The lowest BCUT2D eigenvalue weighted by molar-refractivity contribution is 0.878. The number of aryl methyl sites for hydroxylation is 3. The third-order valence-corrected chi connectivity index (χ3v) is 3.28. The molecule has 19 heavy (non-hydrogen) atoms. The van der Waals surface area contributed by atoms with E-state index in [1.54, 1.807) is 0 Å². The molecule has 0 radical (unpaired) electrons. The van der Waals surface area contributed by atoms with E-state index in [0.717, 1.165) is 23.5 Å². The van der Waals surface area contributed by atoms with Gasteiger partial charge in [0.25, 0.3) is 5.56 Å². The number of aromatic nitrogens is 2. The third kappa shape index (κ3) is 3.11. The minimum Gasteiger partial charge on any atom is -0.310 e. The molecule has 3 heteroatoms. The van der Waals surface area contributed by atoms with E-state index in [1.807, 2.05) is 13.8 Å². The van der Waals surface area contributed by atoms with Gasteiger partial charge in [0.15, 0.2) is 0 Å². The van der Waals surface area contributed by atoms with Crippen molar-refractivity contribution in [3.05, 3.63) is 62.3 Å². The minimum atomic E-state index is -0.00521. The van der Waals surface area contributed by atoms with Gasteiger partial charge in [0, 0.05) is 17.7 Å². The van der Waals surface area contributed by atoms with E-state index in [-0.39, 0.29) is 5.56 Å². The SMILES string of the molecule is CCc1c(C)nc(Cc2cc(C)cc(C)c2)[nH]c1=O. The van der Waals surface area contributed by atoms with Crippen molar-refractivity contribution in [3.8, 4) is 0 Å². The molecule has 0 spiro atoms. The molecular formula is C16H20N2O. The molecule has 0 amide bonds. The van der Waals surface area contributed by atoms with Crippen LogP contribution in [0.3, 0.4) is 0 Å². The lowest BCUT2D eigenvalue weighted by atomic mass is 10.0. The Labute approximate surface area is 113 Å². The Morgan fingerprint density at radius 1 is 1.11 bits per heavy atom. The summed E-state index contributed by atoms with van der Waals surface area (Å²) < 4.78 is 0. The van der Waals surface area contributed by atoms with Crippen LogP contribution in [-0.4, -0.2) is 9.97 Å². The molecule has 0 aliphatic heterocycles. The molecule has 1 heterocycles. The first-order valence-corrected chi connectivity index (χ1v) is 6.65. The largest absolute Gasteiger partial charge is 0.310 e. The Balaban J connectivity index is 2.36. The molecule has 0 aliphatic rings. The summed E-state index contributed by atoms with van der Waals surface area (Å²) >= 11 is 0. The molecule has 1 aromatic carbocycles. The zero-order valence-corrected chi connectivity index (χ0v) is 12.0. The van der Waals surface area contributed by atoms with Crippen LogP contribution < -0.4 is 5.56 Å². The lowest BCUT2D eigenvalue weighted by Gasteiger charge is -2.07. The van der Waals surface area contributed by atoms with Crippen molar-refractivity contribution in [2.45, 2.75) is 40.5 Å². The van der Waals surface area contributed by atoms with Gasteiger partial charge in [-0.25, -0.2) is 4.98 Å². The van der Waals surface area contributed by atoms with Crippen molar-refractivity contribution in [2.24, 2.45) is 0 Å². The van der Waals surface area contributed by atoms with Crippen LogP contribution >= 0.6 is 0 Å². The van der Waals surface area contributed by atoms with Crippen molar-refractivity contribution in [2.75, 3.05) is 0 Å². The smallest absolute Gasteiger partial charge is 0.254 e. The van der Waals surface area contributed by atoms with Crippen molar-refractivity contribution < 1.29 is 0 Å². The summed E-state index contributed by atoms with van der Waals surface area (Å²) in [5, 5.41) is 0. The number of rotatable bonds is 3. The molecule has 1 N–H and O–H groups in total. The van der Waals surface area contributed by atoms with E-state index in [4.69, 9.17) is 0 Å². The molecule has 0 saturated heterocycles. The molecule has 3 nitrogen and oxygen atoms in total. The van der Waals surface area contributed by atoms with Gasteiger partial charge < -0.3 is 4.98 Å². The summed E-state index contributed by atoms with van der Waals surface area (Å²) in [5.74, 6) is 0.740. The summed E-state index contributed by atoms with van der Waals surface area (Å²) in [4.78, 5) is 19.3. The molecule has 0 fully saturated rings. The standard InChI is InChI=1S/C16H20N2O/c1-5-14-12(4)17-15(18-16(14)19)9-13-7-10(2)6-11(3)8-13/h6-8H,5,9H2,1-4H3,(H,17,18,19). The second-order valence-electron chi connectivity index (χ2n) is 5.10. The number of aromatic amines is 1. The van der Waals surface area contributed by atoms with E-state index in [1.165, 1.54) is 16.7 Å². The highest BCUT2D eigenvalue weighted by atomic mass is 16.1. The van der Waals surface area contributed by atoms with Gasteiger partial charge in [-0.1, -0.05) is 36.2 Å². The van der Waals surface area contributed by atoms with E-state index in [0.29, 0.717) is 6.42 Å². The van der Waals surface area contributed by atoms with E-state index in [2.05, 4.69) is 42.0 Å². The summed E-state index contributed by atoms with van der Waals surface area (Å²) in [6, 6.07) is 6.41. The Morgan fingerprint density at radius 2 is 1.74 bits per heavy atom. The van der Waals surface area contributed by atoms with Crippen molar-refractivity contribution in [3.63, 3.8) is 0 Å². The van der Waals surface area contributed by atoms with Gasteiger partial charge in [-0.2, -0.15) is 0 Å². The zero-order chi connectivity index (χ0) is 14.0. The molecule has 0 saturated carbocycles. The average Bonchev–Trinajstić information content (AvgIpc) is 2.26. The number of hydrogen-bond acceptors (Lipinski definition) is 2. The van der Waals surface area contributed by atoms with Gasteiger partial charge >= 0.3 is 0 Å². The predicted octanol–water partition coefficient (Wildman–Crippen LogP) is 2.85. The van der Waals surface area contributed by atoms with E-state index in [9.17, 15) is 4.79 Å². The normalized spacial score (nSPS) is 10.7. The summed E-state index contributed by atoms with van der Waals surface area (Å²) in [6.45, 7) is 8.04. The number of nitrogens with zero attached hydrogens (tertiary/aromatic N) is 1. The lowest BCUT2D eigenvalue weighted by Crippen LogP contribution is -2.18. The average molecular weight is 256 g/mol. The minimum absolute atomic E-state index is 0.00521. The van der Waals surface area contributed by atoms with Gasteiger partial charge in [0.2, 0.25) is 0 Å². The van der Waals surface area contributed by atoms with Crippen LogP contribution in [0.15, 0.2) is 23.0 Å². The number of benzene rings is 1. The molecule has 0 atom stereocenters. The fraction of sp³-hybridized carbons (Fsp3) is 0.375. The molecule has 0 bridgehead atoms. The van der Waals surface area contributed by atoms with Gasteiger partial charge in [-0.3, -0.25) is 4.79 Å². The first kappa shape index (κ1) is 13.5. The van der Waals surface area contributed by atoms with Crippen molar-refractivity contribution in [1.29, 1.82) is 0 Å². The summed E-state index contributed by atoms with van der Waals surface area (Å²) in [6.07, 6.45) is 1.39. The van der Waals surface area contributed by atoms with Gasteiger partial charge in [-0.05, 0) is 32.8 Å². The van der Waals surface area contributed by atoms with Crippen molar-refractivity contribution in [1.82, 2.24) is 9.97 Å². The molecule has 0 unspecified atom stereocenters. The topological polar surface area (TPSA) is 45.8 Å². The van der Waals surface area contributed by atoms with Crippen molar-refractivity contribution >= 4 is 0 Å². The maximum Gasteiger partial charge on any atom is 0.254 e. The Hall–Kier alpha value is -1.90. The Morgan fingerprint density at radius 3 is 2.26 bits per heavy atom. The number of hydrogen-bond donors (Lipinski definition) is 1. The second kappa shape index (κ2) is 5.39. The molecule has 2 rings (SSSR count). The molecular weight excluding hydrogens is 236 g/mol. The van der Waals surface area contributed by atoms with E-state index >= 15 is 0 Å². The molecule has 0 aliphatic carbocycles. The highest BCUT2D eigenvalue weighted by molar-refractivity contribution is 5.30. The molecule has 2 aromatic rings. The van der Waals surface area contributed by atoms with Crippen LogP contribution in [0.2, 0.25) is 0 Å². The van der Waals surface area contributed by atoms with Crippen LogP contribution in [0.1, 0.15) is 40.7 Å². The van der Waals surface area contributed by atoms with Crippen LogP contribution in [0.4, 0.5) is 0 Å². The highest BCUT2D eigenvalue weighted by Crippen LogP contribution is 2.12. The first-order valence-electron chi connectivity index (χ1n) is 6.65. The number of H-pyrrole nitrogens is 1. The van der Waals surface area contributed by atoms with Crippen LogP contribution in [0.25, 0.3) is 0 Å². The summed E-state index contributed by atoms with van der Waals surface area (Å²) in [5.41, 5.74) is 5.27. The van der Waals surface area contributed by atoms with E-state index < -0.39 is 0 Å². The first-order chi connectivity index (χ1) is 8.99. The predicted molar refractivity (Wildman–Crippen MR) is 77.7 cm³/mol. The van der Waals surface area contributed by atoms with Gasteiger partial charge in [-0.15, -0.1) is 0 Å². The van der Waals surface area contributed by atoms with Gasteiger partial charge in [0.05, 0.1) is 0 Å². The summed E-state index contributed by atoms with van der Waals surface area (Å²) in [7, 11) is 0. The van der Waals surface area contributed by atoms with Crippen LogP contribution in [0.5, 0.6) is 0 Å². The monoisotopic (exact) mass is 256 g/mol. The fourth-order valence-electron chi connectivity index (χ4n) is 2.53.